The van der Waals surface area contributed by atoms with Gasteiger partial charge in [0.1, 0.15) is 0 Å². The van der Waals surface area contributed by atoms with Crippen LogP contribution in [0.5, 0.6) is 0 Å². The second-order valence-corrected chi connectivity index (χ2v) is 7.04. The van der Waals surface area contributed by atoms with Gasteiger partial charge < -0.3 is 4.74 Å². The summed E-state index contributed by atoms with van der Waals surface area (Å²) in [6.07, 6.45) is 9.02. The van der Waals surface area contributed by atoms with Crippen molar-refractivity contribution in [3.63, 3.8) is 0 Å². The summed E-state index contributed by atoms with van der Waals surface area (Å²) in [5, 5.41) is 9.13. The molecule has 4 rings (SSSR count). The Balaban J connectivity index is 1.52. The topological polar surface area (TPSA) is 48.1 Å². The van der Waals surface area contributed by atoms with Crippen LogP contribution < -0.4 is 0 Å². The average molecular weight is 315 g/mol. The monoisotopic (exact) mass is 315 g/mol. The highest BCUT2D eigenvalue weighted by Gasteiger charge is 2.30. The van der Waals surface area contributed by atoms with Crippen LogP contribution in [-0.2, 0) is 31.4 Å². The fourth-order valence-corrected chi connectivity index (χ4v) is 3.56. The van der Waals surface area contributed by atoms with E-state index in [4.69, 9.17) is 9.84 Å². The summed E-state index contributed by atoms with van der Waals surface area (Å²) in [4.78, 5) is 2.46. The van der Waals surface area contributed by atoms with Crippen LogP contribution in [0.25, 0.3) is 0 Å². The molecule has 2 aliphatic rings. The van der Waals surface area contributed by atoms with E-state index < -0.39 is 0 Å². The van der Waals surface area contributed by atoms with Crippen molar-refractivity contribution in [3.05, 3.63) is 35.4 Å². The van der Waals surface area contributed by atoms with Gasteiger partial charge in [0.2, 0.25) is 0 Å². The standard InChI is InChI=1S/C17H25N5O/c1-20-6-14(5-18-20)7-21-9-15(12-23-2)16-10-22(8-13-3-4-13)19-17(16)11-21/h5-6,10,13,15H,3-4,7-9,11-12H2,1-2H3/t15-/m0/s1. The molecular weight excluding hydrogens is 290 g/mol. The number of nitrogens with zero attached hydrogens (tertiary/aromatic N) is 5. The predicted octanol–water partition coefficient (Wildman–Crippen LogP) is 1.77. The van der Waals surface area contributed by atoms with E-state index in [9.17, 15) is 0 Å². The number of methoxy groups -OCH3 is 1. The van der Waals surface area contributed by atoms with Gasteiger partial charge in [-0.1, -0.05) is 0 Å². The summed E-state index contributed by atoms with van der Waals surface area (Å²) in [5.41, 5.74) is 3.86. The predicted molar refractivity (Wildman–Crippen MR) is 86.9 cm³/mol. The van der Waals surface area contributed by atoms with Crippen LogP contribution in [0.15, 0.2) is 18.6 Å². The van der Waals surface area contributed by atoms with Gasteiger partial charge >= 0.3 is 0 Å². The van der Waals surface area contributed by atoms with E-state index in [1.807, 2.05) is 17.9 Å². The highest BCUT2D eigenvalue weighted by molar-refractivity contribution is 5.26. The zero-order valence-corrected chi connectivity index (χ0v) is 14.0. The molecule has 0 aromatic carbocycles. The molecule has 0 N–H and O–H groups in total. The Labute approximate surface area is 137 Å². The Morgan fingerprint density at radius 3 is 2.87 bits per heavy atom. The van der Waals surface area contributed by atoms with Crippen molar-refractivity contribution < 1.29 is 4.74 Å². The Morgan fingerprint density at radius 1 is 1.30 bits per heavy atom. The highest BCUT2D eigenvalue weighted by atomic mass is 16.5. The Hall–Kier alpha value is -1.66. The molecule has 2 aromatic heterocycles. The van der Waals surface area contributed by atoms with E-state index in [1.54, 1.807) is 7.11 Å². The van der Waals surface area contributed by atoms with Gasteiger partial charge in [-0.2, -0.15) is 10.2 Å². The molecule has 0 amide bonds. The number of aromatic nitrogens is 4. The number of hydrogen-bond acceptors (Lipinski definition) is 4. The van der Waals surface area contributed by atoms with Crippen molar-refractivity contribution in [3.8, 4) is 0 Å². The quantitative estimate of drug-likeness (QED) is 0.815. The van der Waals surface area contributed by atoms with Crippen LogP contribution in [0.2, 0.25) is 0 Å². The molecule has 3 heterocycles. The van der Waals surface area contributed by atoms with Gasteiger partial charge in [0.05, 0.1) is 18.5 Å². The summed E-state index contributed by atoms with van der Waals surface area (Å²) >= 11 is 0. The molecule has 1 fully saturated rings. The van der Waals surface area contributed by atoms with E-state index in [-0.39, 0.29) is 0 Å². The van der Waals surface area contributed by atoms with Gasteiger partial charge in [0.25, 0.3) is 0 Å². The first kappa shape index (κ1) is 14.9. The molecule has 1 atom stereocenters. The zero-order valence-electron chi connectivity index (χ0n) is 14.0. The Kier molecular flexibility index (Phi) is 3.95. The van der Waals surface area contributed by atoms with Crippen molar-refractivity contribution in [2.24, 2.45) is 13.0 Å². The summed E-state index contributed by atoms with van der Waals surface area (Å²) in [7, 11) is 3.75. The first-order chi connectivity index (χ1) is 11.2. The molecule has 1 aliphatic carbocycles. The van der Waals surface area contributed by atoms with Gasteiger partial charge in [-0.05, 0) is 18.8 Å². The molecule has 1 saturated carbocycles. The summed E-state index contributed by atoms with van der Waals surface area (Å²) in [6, 6.07) is 0. The van der Waals surface area contributed by atoms with Crippen LogP contribution in [-0.4, -0.2) is 44.7 Å². The van der Waals surface area contributed by atoms with E-state index >= 15 is 0 Å². The number of rotatable bonds is 6. The van der Waals surface area contributed by atoms with Gasteiger partial charge in [0, 0.05) is 69.8 Å². The maximum Gasteiger partial charge on any atom is 0.0801 e. The molecule has 0 bridgehead atoms. The average Bonchev–Trinajstić information content (AvgIpc) is 3.08. The second-order valence-electron chi connectivity index (χ2n) is 7.04. The maximum atomic E-state index is 5.46. The summed E-state index contributed by atoms with van der Waals surface area (Å²) in [5.74, 6) is 1.26. The third-order valence-electron chi connectivity index (χ3n) is 4.84. The lowest BCUT2D eigenvalue weighted by molar-refractivity contribution is 0.135. The molecular formula is C17H25N5O. The maximum absolute atomic E-state index is 5.46. The van der Waals surface area contributed by atoms with Crippen LogP contribution >= 0.6 is 0 Å². The molecule has 6 nitrogen and oxygen atoms in total. The first-order valence-electron chi connectivity index (χ1n) is 8.46. The molecule has 0 unspecified atom stereocenters. The van der Waals surface area contributed by atoms with E-state index in [0.717, 1.165) is 38.7 Å². The molecule has 0 spiro atoms. The fraction of sp³-hybridized carbons (Fsp3) is 0.647. The van der Waals surface area contributed by atoms with Crippen LogP contribution in [0.1, 0.15) is 35.6 Å². The van der Waals surface area contributed by atoms with Crippen molar-refractivity contribution in [1.29, 1.82) is 0 Å². The highest BCUT2D eigenvalue weighted by Crippen LogP contribution is 2.33. The molecule has 0 radical (unpaired) electrons. The minimum Gasteiger partial charge on any atom is -0.384 e. The number of ether oxygens (including phenoxy) is 1. The van der Waals surface area contributed by atoms with E-state index in [0.29, 0.717) is 5.92 Å². The Bertz CT molecular complexity index is 672. The lowest BCUT2D eigenvalue weighted by Gasteiger charge is -2.31. The molecule has 2 aromatic rings. The van der Waals surface area contributed by atoms with Gasteiger partial charge in [-0.15, -0.1) is 0 Å². The summed E-state index contributed by atoms with van der Waals surface area (Å²) < 4.78 is 9.49. The lowest BCUT2D eigenvalue weighted by atomic mass is 9.95. The van der Waals surface area contributed by atoms with Crippen molar-refractivity contribution in [2.75, 3.05) is 20.3 Å². The third kappa shape index (κ3) is 3.33. The molecule has 6 heteroatoms. The summed E-state index contributed by atoms with van der Waals surface area (Å²) in [6.45, 7) is 4.69. The lowest BCUT2D eigenvalue weighted by Crippen LogP contribution is -2.34. The number of hydrogen-bond donors (Lipinski definition) is 0. The largest absolute Gasteiger partial charge is 0.384 e. The second kappa shape index (κ2) is 6.09. The van der Waals surface area contributed by atoms with Gasteiger partial charge in [0.15, 0.2) is 0 Å². The minimum atomic E-state index is 0.411. The normalized spacial score (nSPS) is 21.6. The van der Waals surface area contributed by atoms with Crippen molar-refractivity contribution in [2.45, 2.75) is 38.4 Å². The Morgan fingerprint density at radius 2 is 2.17 bits per heavy atom. The van der Waals surface area contributed by atoms with E-state index in [2.05, 4.69) is 27.1 Å². The van der Waals surface area contributed by atoms with Crippen molar-refractivity contribution in [1.82, 2.24) is 24.5 Å². The van der Waals surface area contributed by atoms with Gasteiger partial charge in [-0.25, -0.2) is 0 Å². The molecule has 1 aliphatic heterocycles. The molecule has 0 saturated heterocycles. The van der Waals surface area contributed by atoms with Crippen molar-refractivity contribution >= 4 is 0 Å². The van der Waals surface area contributed by atoms with Crippen LogP contribution in [0.4, 0.5) is 0 Å². The third-order valence-corrected chi connectivity index (χ3v) is 4.84. The fourth-order valence-electron chi connectivity index (χ4n) is 3.56. The van der Waals surface area contributed by atoms with Crippen LogP contribution in [0, 0.1) is 5.92 Å². The van der Waals surface area contributed by atoms with E-state index in [1.165, 1.54) is 29.7 Å². The number of fused-ring (bicyclic) bond motifs is 1. The van der Waals surface area contributed by atoms with Crippen LogP contribution in [0.3, 0.4) is 0 Å². The molecule has 124 valence electrons. The molecule has 23 heavy (non-hydrogen) atoms. The smallest absolute Gasteiger partial charge is 0.0801 e. The zero-order chi connectivity index (χ0) is 15.8. The first-order valence-corrected chi connectivity index (χ1v) is 8.46. The minimum absolute atomic E-state index is 0.411. The SMILES string of the molecule is COC[C@@H]1CN(Cc2cnn(C)c2)Cc2nn(CC3CC3)cc21. The number of aryl methyl sites for hydroxylation is 1. The van der Waals surface area contributed by atoms with Gasteiger partial charge in [-0.3, -0.25) is 14.3 Å².